The largest absolute Gasteiger partial charge is 0.380 e. The van der Waals surface area contributed by atoms with Gasteiger partial charge in [-0.25, -0.2) is 0 Å². The van der Waals surface area contributed by atoms with Gasteiger partial charge in [0.05, 0.1) is 13.2 Å². The number of nitrogens with one attached hydrogen (secondary N) is 1. The summed E-state index contributed by atoms with van der Waals surface area (Å²) in [6, 6.07) is 7.84. The minimum Gasteiger partial charge on any atom is -0.380 e. The molecule has 4 nitrogen and oxygen atoms in total. The molecule has 0 atom stereocenters. The molecule has 0 bridgehead atoms. The Hall–Kier alpha value is -1.55. The van der Waals surface area contributed by atoms with Crippen molar-refractivity contribution in [3.8, 4) is 0 Å². The van der Waals surface area contributed by atoms with Crippen molar-refractivity contribution in [1.82, 2.24) is 4.90 Å². The molecule has 88 valence electrons. The first-order valence-corrected chi connectivity index (χ1v) is 5.15. The number of rotatable bonds is 5. The van der Waals surface area contributed by atoms with Crippen LogP contribution < -0.4 is 5.32 Å². The number of benzene rings is 1. The summed E-state index contributed by atoms with van der Waals surface area (Å²) in [5.74, 6) is 0.0529. The van der Waals surface area contributed by atoms with E-state index in [1.54, 1.807) is 26.1 Å². The zero-order valence-corrected chi connectivity index (χ0v) is 9.99. The Morgan fingerprint density at radius 1 is 1.44 bits per heavy atom. The van der Waals surface area contributed by atoms with Gasteiger partial charge in [-0.1, -0.05) is 12.1 Å². The van der Waals surface area contributed by atoms with Gasteiger partial charge in [-0.2, -0.15) is 0 Å². The molecule has 0 radical (unpaired) electrons. The van der Waals surface area contributed by atoms with Crippen LogP contribution in [0.25, 0.3) is 0 Å². The van der Waals surface area contributed by atoms with Crippen LogP contribution in [-0.4, -0.2) is 38.6 Å². The second-order valence-corrected chi connectivity index (χ2v) is 3.78. The van der Waals surface area contributed by atoms with E-state index in [-0.39, 0.29) is 5.91 Å². The molecule has 16 heavy (non-hydrogen) atoms. The molecule has 0 saturated heterocycles. The molecule has 0 aliphatic heterocycles. The smallest absolute Gasteiger partial charge is 0.241 e. The third kappa shape index (κ3) is 3.90. The van der Waals surface area contributed by atoms with Crippen LogP contribution in [0, 0.1) is 0 Å². The van der Waals surface area contributed by atoms with E-state index in [4.69, 9.17) is 4.74 Å². The highest BCUT2D eigenvalue weighted by Gasteiger charge is 2.03. The van der Waals surface area contributed by atoms with Crippen LogP contribution in [0.1, 0.15) is 5.56 Å². The number of nitrogens with zero attached hydrogens (tertiary/aromatic N) is 1. The maximum Gasteiger partial charge on any atom is 0.241 e. The predicted octanol–water partition coefficient (Wildman–Crippen LogP) is 1.33. The lowest BCUT2D eigenvalue weighted by Crippen LogP contribution is -2.28. The number of carbonyl (C=O) groups excluding carboxylic acids is 1. The summed E-state index contributed by atoms with van der Waals surface area (Å²) in [6.07, 6.45) is 0. The molecular formula is C12H18N2O2. The van der Waals surface area contributed by atoms with Crippen LogP contribution in [-0.2, 0) is 16.1 Å². The van der Waals surface area contributed by atoms with Crippen LogP contribution in [0.4, 0.5) is 5.69 Å². The fraction of sp³-hybridized carbons (Fsp3) is 0.417. The number of likely N-dealkylation sites (N-methyl/N-ethyl adjacent to an activating group) is 1. The summed E-state index contributed by atoms with van der Waals surface area (Å²) in [6.45, 7) is 0.889. The maximum atomic E-state index is 11.4. The quantitative estimate of drug-likeness (QED) is 0.817. The van der Waals surface area contributed by atoms with Gasteiger partial charge in [0, 0.05) is 26.9 Å². The first-order chi connectivity index (χ1) is 7.63. The number of carbonyl (C=O) groups is 1. The van der Waals surface area contributed by atoms with Crippen molar-refractivity contribution < 1.29 is 9.53 Å². The molecule has 0 aliphatic carbocycles. The molecule has 0 saturated carbocycles. The number of anilines is 1. The van der Waals surface area contributed by atoms with Crippen molar-refractivity contribution in [2.24, 2.45) is 0 Å². The molecule has 1 rings (SSSR count). The van der Waals surface area contributed by atoms with Gasteiger partial charge in [-0.15, -0.1) is 0 Å². The van der Waals surface area contributed by atoms with Gasteiger partial charge in [0.2, 0.25) is 5.91 Å². The van der Waals surface area contributed by atoms with Gasteiger partial charge in [-0.3, -0.25) is 4.79 Å². The van der Waals surface area contributed by atoms with Gasteiger partial charge in [-0.05, 0) is 17.7 Å². The van der Waals surface area contributed by atoms with Crippen LogP contribution in [0.3, 0.4) is 0 Å². The average molecular weight is 222 g/mol. The highest BCUT2D eigenvalue weighted by molar-refractivity contribution is 5.80. The van der Waals surface area contributed by atoms with Crippen molar-refractivity contribution in [3.63, 3.8) is 0 Å². The molecule has 1 amide bonds. The van der Waals surface area contributed by atoms with Gasteiger partial charge in [0.15, 0.2) is 0 Å². The summed E-state index contributed by atoms with van der Waals surface area (Å²) in [4.78, 5) is 12.9. The molecular weight excluding hydrogens is 204 g/mol. The number of amides is 1. The predicted molar refractivity (Wildman–Crippen MR) is 64.3 cm³/mol. The Morgan fingerprint density at radius 2 is 2.19 bits per heavy atom. The second kappa shape index (κ2) is 6.12. The fourth-order valence-corrected chi connectivity index (χ4v) is 1.27. The van der Waals surface area contributed by atoms with E-state index in [0.717, 1.165) is 11.3 Å². The zero-order chi connectivity index (χ0) is 12.0. The summed E-state index contributed by atoms with van der Waals surface area (Å²) in [5, 5.41) is 3.08. The van der Waals surface area contributed by atoms with Crippen LogP contribution >= 0.6 is 0 Å². The minimum atomic E-state index is 0.0529. The Bertz CT molecular complexity index is 351. The van der Waals surface area contributed by atoms with Crippen molar-refractivity contribution in [3.05, 3.63) is 29.8 Å². The summed E-state index contributed by atoms with van der Waals surface area (Å²) in [5.41, 5.74) is 2.02. The monoisotopic (exact) mass is 222 g/mol. The van der Waals surface area contributed by atoms with E-state index in [0.29, 0.717) is 13.2 Å². The van der Waals surface area contributed by atoms with Crippen LogP contribution in [0.15, 0.2) is 24.3 Å². The van der Waals surface area contributed by atoms with Crippen molar-refractivity contribution in [2.75, 3.05) is 33.1 Å². The number of hydrogen-bond donors (Lipinski definition) is 1. The fourth-order valence-electron chi connectivity index (χ4n) is 1.27. The molecule has 0 spiro atoms. The van der Waals surface area contributed by atoms with Crippen molar-refractivity contribution >= 4 is 11.6 Å². The van der Waals surface area contributed by atoms with Gasteiger partial charge >= 0.3 is 0 Å². The van der Waals surface area contributed by atoms with Gasteiger partial charge in [0.1, 0.15) is 0 Å². The average Bonchev–Trinajstić information content (AvgIpc) is 2.26. The first-order valence-electron chi connectivity index (χ1n) is 5.15. The van der Waals surface area contributed by atoms with Gasteiger partial charge in [0.25, 0.3) is 0 Å². The molecule has 0 aromatic heterocycles. The SMILES string of the molecule is COCc1cccc(NCC(=O)N(C)C)c1. The lowest BCUT2D eigenvalue weighted by atomic mass is 10.2. The maximum absolute atomic E-state index is 11.4. The standard InChI is InChI=1S/C12H18N2O2/c1-14(2)12(15)8-13-11-6-4-5-10(7-11)9-16-3/h4-7,13H,8-9H2,1-3H3. The zero-order valence-electron chi connectivity index (χ0n) is 9.99. The molecule has 0 fully saturated rings. The number of methoxy groups -OCH3 is 1. The number of ether oxygens (including phenoxy) is 1. The minimum absolute atomic E-state index is 0.0529. The second-order valence-electron chi connectivity index (χ2n) is 3.78. The highest BCUT2D eigenvalue weighted by Crippen LogP contribution is 2.10. The summed E-state index contributed by atoms with van der Waals surface area (Å²) >= 11 is 0. The van der Waals surface area contributed by atoms with Gasteiger partial charge < -0.3 is 15.0 Å². The molecule has 0 aliphatic rings. The summed E-state index contributed by atoms with van der Waals surface area (Å²) < 4.78 is 5.04. The van der Waals surface area contributed by atoms with Crippen LogP contribution in [0.2, 0.25) is 0 Å². The lowest BCUT2D eigenvalue weighted by molar-refractivity contribution is -0.126. The Kier molecular flexibility index (Phi) is 4.79. The summed E-state index contributed by atoms with van der Waals surface area (Å²) in [7, 11) is 5.15. The topological polar surface area (TPSA) is 41.6 Å². The highest BCUT2D eigenvalue weighted by atomic mass is 16.5. The molecule has 0 heterocycles. The van der Waals surface area contributed by atoms with Crippen molar-refractivity contribution in [1.29, 1.82) is 0 Å². The molecule has 1 aromatic carbocycles. The Balaban J connectivity index is 2.53. The molecule has 0 unspecified atom stereocenters. The Morgan fingerprint density at radius 3 is 2.81 bits per heavy atom. The van der Waals surface area contributed by atoms with E-state index in [1.165, 1.54) is 0 Å². The Labute approximate surface area is 96.2 Å². The third-order valence-corrected chi connectivity index (χ3v) is 2.18. The van der Waals surface area contributed by atoms with E-state index in [9.17, 15) is 4.79 Å². The normalized spacial score (nSPS) is 9.94. The molecule has 4 heteroatoms. The third-order valence-electron chi connectivity index (χ3n) is 2.18. The van der Waals surface area contributed by atoms with E-state index < -0.39 is 0 Å². The van der Waals surface area contributed by atoms with E-state index in [2.05, 4.69) is 5.32 Å². The lowest BCUT2D eigenvalue weighted by Gasteiger charge is -2.12. The molecule has 1 aromatic rings. The number of hydrogen-bond acceptors (Lipinski definition) is 3. The molecule has 1 N–H and O–H groups in total. The van der Waals surface area contributed by atoms with E-state index >= 15 is 0 Å². The van der Waals surface area contributed by atoms with Crippen LogP contribution in [0.5, 0.6) is 0 Å². The van der Waals surface area contributed by atoms with E-state index in [1.807, 2.05) is 24.3 Å². The first kappa shape index (κ1) is 12.5. The van der Waals surface area contributed by atoms with Crippen molar-refractivity contribution in [2.45, 2.75) is 6.61 Å².